The highest BCUT2D eigenvalue weighted by molar-refractivity contribution is 6.12. The topological polar surface area (TPSA) is 98.1 Å². The monoisotopic (exact) mass is 329 g/mol. The van der Waals surface area contributed by atoms with Crippen molar-refractivity contribution in [2.24, 2.45) is 0 Å². The number of aromatic hydroxyl groups is 2. The van der Waals surface area contributed by atoms with E-state index in [0.717, 1.165) is 24.8 Å². The van der Waals surface area contributed by atoms with Crippen LogP contribution in [0.15, 0.2) is 36.4 Å². The van der Waals surface area contributed by atoms with E-state index in [-0.39, 0.29) is 22.4 Å². The van der Waals surface area contributed by atoms with E-state index in [9.17, 15) is 19.8 Å². The van der Waals surface area contributed by atoms with Crippen molar-refractivity contribution in [3.05, 3.63) is 53.1 Å². The molecule has 3 N–H and O–H groups in total. The van der Waals surface area contributed by atoms with Crippen molar-refractivity contribution in [3.63, 3.8) is 0 Å². The average molecular weight is 329 g/mol. The maximum absolute atomic E-state index is 12.5. The van der Waals surface area contributed by atoms with Gasteiger partial charge < -0.3 is 20.2 Å². The van der Waals surface area contributed by atoms with Gasteiger partial charge in [0.2, 0.25) is 0 Å². The smallest absolute Gasteiger partial charge is 0.335 e. The fourth-order valence-electron chi connectivity index (χ4n) is 2.50. The third-order valence-electron chi connectivity index (χ3n) is 3.84. The molecule has 2 aromatic rings. The SMILES string of the molecule is CCN(CC)c1ccc(C(=O)c2ccc(C(=O)O)cc2O)c(O)c1. The molecule has 6 heteroatoms. The zero-order chi connectivity index (χ0) is 17.9. The number of hydrogen-bond donors (Lipinski definition) is 3. The minimum absolute atomic E-state index is 0.0456. The van der Waals surface area contributed by atoms with Crippen LogP contribution in [0.25, 0.3) is 0 Å². The zero-order valence-corrected chi connectivity index (χ0v) is 13.5. The van der Waals surface area contributed by atoms with Crippen molar-refractivity contribution in [2.75, 3.05) is 18.0 Å². The molecule has 0 aliphatic heterocycles. The maximum atomic E-state index is 12.5. The molecule has 2 rings (SSSR count). The second kappa shape index (κ2) is 7.04. The summed E-state index contributed by atoms with van der Waals surface area (Å²) in [6.45, 7) is 5.50. The standard InChI is InChI=1S/C18H19NO5/c1-3-19(4-2)12-6-8-14(16(21)10-12)17(22)13-7-5-11(18(23)24)9-15(13)20/h5-10,20-21H,3-4H2,1-2H3,(H,23,24). The Morgan fingerprint density at radius 3 is 1.92 bits per heavy atom. The van der Waals surface area contributed by atoms with Crippen LogP contribution in [0.5, 0.6) is 11.5 Å². The fourth-order valence-corrected chi connectivity index (χ4v) is 2.50. The van der Waals surface area contributed by atoms with Crippen LogP contribution in [0.2, 0.25) is 0 Å². The Morgan fingerprint density at radius 1 is 0.917 bits per heavy atom. The number of rotatable bonds is 6. The van der Waals surface area contributed by atoms with Gasteiger partial charge in [0.05, 0.1) is 16.7 Å². The van der Waals surface area contributed by atoms with E-state index in [1.165, 1.54) is 24.3 Å². The number of ketones is 1. The molecule has 0 aliphatic carbocycles. The third kappa shape index (κ3) is 3.32. The van der Waals surface area contributed by atoms with Gasteiger partial charge in [-0.2, -0.15) is 0 Å². The molecule has 0 radical (unpaired) electrons. The molecule has 0 aromatic heterocycles. The fraction of sp³-hybridized carbons (Fsp3) is 0.222. The van der Waals surface area contributed by atoms with Crippen LogP contribution in [-0.2, 0) is 0 Å². The highest BCUT2D eigenvalue weighted by Crippen LogP contribution is 2.29. The van der Waals surface area contributed by atoms with Crippen LogP contribution in [-0.4, -0.2) is 40.2 Å². The van der Waals surface area contributed by atoms with Crippen LogP contribution in [0.1, 0.15) is 40.1 Å². The quantitative estimate of drug-likeness (QED) is 0.705. The number of carbonyl (C=O) groups excluding carboxylic acids is 1. The molecule has 126 valence electrons. The summed E-state index contributed by atoms with van der Waals surface area (Å²) in [6.07, 6.45) is 0. The van der Waals surface area contributed by atoms with E-state index in [4.69, 9.17) is 5.11 Å². The van der Waals surface area contributed by atoms with Crippen molar-refractivity contribution in [3.8, 4) is 11.5 Å². The lowest BCUT2D eigenvalue weighted by atomic mass is 9.99. The molecule has 0 saturated carbocycles. The summed E-state index contributed by atoms with van der Waals surface area (Å²) in [6, 6.07) is 8.20. The van der Waals surface area contributed by atoms with Crippen LogP contribution in [0.4, 0.5) is 5.69 Å². The van der Waals surface area contributed by atoms with Crippen molar-refractivity contribution in [1.29, 1.82) is 0 Å². The zero-order valence-electron chi connectivity index (χ0n) is 13.5. The van der Waals surface area contributed by atoms with E-state index >= 15 is 0 Å². The van der Waals surface area contributed by atoms with Crippen molar-refractivity contribution < 1.29 is 24.9 Å². The molecule has 6 nitrogen and oxygen atoms in total. The first-order chi connectivity index (χ1) is 11.4. The first-order valence-electron chi connectivity index (χ1n) is 7.58. The van der Waals surface area contributed by atoms with Gasteiger partial charge >= 0.3 is 5.97 Å². The minimum Gasteiger partial charge on any atom is -0.507 e. The van der Waals surface area contributed by atoms with Gasteiger partial charge in [0.1, 0.15) is 11.5 Å². The maximum Gasteiger partial charge on any atom is 0.335 e. The summed E-state index contributed by atoms with van der Waals surface area (Å²) >= 11 is 0. The molecule has 0 heterocycles. The van der Waals surface area contributed by atoms with Gasteiger partial charge in [-0.3, -0.25) is 4.79 Å². The molecule has 0 bridgehead atoms. The Hall–Kier alpha value is -3.02. The number of benzene rings is 2. The average Bonchev–Trinajstić information content (AvgIpc) is 2.55. The normalized spacial score (nSPS) is 10.4. The van der Waals surface area contributed by atoms with Crippen LogP contribution in [0, 0.1) is 0 Å². The lowest BCUT2D eigenvalue weighted by Crippen LogP contribution is -2.21. The predicted octanol–water partition coefficient (Wildman–Crippen LogP) is 2.87. The number of nitrogens with zero attached hydrogens (tertiary/aromatic N) is 1. The highest BCUT2D eigenvalue weighted by Gasteiger charge is 2.19. The summed E-state index contributed by atoms with van der Waals surface area (Å²) in [7, 11) is 0. The number of hydrogen-bond acceptors (Lipinski definition) is 5. The van der Waals surface area contributed by atoms with E-state index in [1.54, 1.807) is 6.07 Å². The summed E-state index contributed by atoms with van der Waals surface area (Å²) in [5, 5.41) is 29.0. The molecule has 0 atom stereocenters. The van der Waals surface area contributed by atoms with E-state index in [0.29, 0.717) is 0 Å². The summed E-state index contributed by atoms with van der Waals surface area (Å²) in [4.78, 5) is 25.4. The molecule has 0 aliphatic rings. The minimum atomic E-state index is -1.20. The van der Waals surface area contributed by atoms with Crippen molar-refractivity contribution in [1.82, 2.24) is 0 Å². The number of carbonyl (C=O) groups is 2. The van der Waals surface area contributed by atoms with Gasteiger partial charge in [-0.15, -0.1) is 0 Å². The summed E-state index contributed by atoms with van der Waals surface area (Å²) in [5.41, 5.74) is 0.653. The first kappa shape index (κ1) is 17.3. The van der Waals surface area contributed by atoms with Crippen molar-refractivity contribution >= 4 is 17.4 Å². The third-order valence-corrected chi connectivity index (χ3v) is 3.84. The lowest BCUT2D eigenvalue weighted by Gasteiger charge is -2.21. The van der Waals surface area contributed by atoms with Crippen molar-refractivity contribution in [2.45, 2.75) is 13.8 Å². The van der Waals surface area contributed by atoms with Gasteiger partial charge in [-0.1, -0.05) is 0 Å². The van der Waals surface area contributed by atoms with Gasteiger partial charge in [0.25, 0.3) is 0 Å². The Balaban J connectivity index is 2.38. The molecule has 0 unspecified atom stereocenters. The molecule has 0 fully saturated rings. The van der Waals surface area contributed by atoms with E-state index < -0.39 is 17.5 Å². The number of phenols is 2. The molecule has 0 amide bonds. The molecular weight excluding hydrogens is 310 g/mol. The lowest BCUT2D eigenvalue weighted by molar-refractivity contribution is 0.0696. The van der Waals surface area contributed by atoms with Crippen LogP contribution in [0.3, 0.4) is 0 Å². The number of phenolic OH excluding ortho intramolecular Hbond substituents is 2. The van der Waals surface area contributed by atoms with Gasteiger partial charge in [-0.05, 0) is 44.2 Å². The number of carboxylic acids is 1. The Bertz CT molecular complexity index is 781. The molecule has 0 spiro atoms. The Kier molecular flexibility index (Phi) is 5.08. The van der Waals surface area contributed by atoms with Crippen LogP contribution < -0.4 is 4.90 Å². The molecule has 0 saturated heterocycles. The highest BCUT2D eigenvalue weighted by atomic mass is 16.4. The second-order valence-corrected chi connectivity index (χ2v) is 5.24. The Labute approximate surface area is 139 Å². The first-order valence-corrected chi connectivity index (χ1v) is 7.58. The largest absolute Gasteiger partial charge is 0.507 e. The van der Waals surface area contributed by atoms with Gasteiger partial charge in [-0.25, -0.2) is 4.79 Å². The number of aromatic carboxylic acids is 1. The van der Waals surface area contributed by atoms with E-state index in [2.05, 4.69) is 0 Å². The number of carboxylic acid groups (broad SMARTS) is 1. The molecular formula is C18H19NO5. The van der Waals surface area contributed by atoms with E-state index in [1.807, 2.05) is 18.7 Å². The van der Waals surface area contributed by atoms with Gasteiger partial charge in [0.15, 0.2) is 5.78 Å². The summed E-state index contributed by atoms with van der Waals surface area (Å²) in [5.74, 6) is -2.40. The molecule has 24 heavy (non-hydrogen) atoms. The van der Waals surface area contributed by atoms with Crippen LogP contribution >= 0.6 is 0 Å². The second-order valence-electron chi connectivity index (χ2n) is 5.24. The molecule has 2 aromatic carbocycles. The number of anilines is 1. The predicted molar refractivity (Wildman–Crippen MR) is 90.2 cm³/mol. The Morgan fingerprint density at radius 2 is 1.46 bits per heavy atom. The van der Waals surface area contributed by atoms with Gasteiger partial charge in [0, 0.05) is 24.8 Å². The summed E-state index contributed by atoms with van der Waals surface area (Å²) < 4.78 is 0.